The maximum absolute atomic E-state index is 9.85. The molecule has 0 unspecified atom stereocenters. The molecule has 7 N–H and O–H groups in total. The number of aliphatic hydroxyl groups excluding tert-OH is 4. The number of aldehydes is 1. The van der Waals surface area contributed by atoms with Gasteiger partial charge in [0, 0.05) is 6.42 Å². The van der Waals surface area contributed by atoms with Crippen LogP contribution in [0, 0.1) is 0 Å². The predicted octanol–water partition coefficient (Wildman–Crippen LogP) is -3.28. The average molecular weight is 262 g/mol. The Hall–Kier alpha value is -0.380. The van der Waals surface area contributed by atoms with Crippen LogP contribution in [0.3, 0.4) is 0 Å². The van der Waals surface area contributed by atoms with E-state index in [1.165, 1.54) is 0 Å². The molecule has 0 aromatic rings. The summed E-state index contributed by atoms with van der Waals surface area (Å²) >= 11 is 0. The fourth-order valence-corrected chi connectivity index (χ4v) is 0.582. The summed E-state index contributed by atoms with van der Waals surface area (Å²) in [7, 11) is -4.64. The smallest absolute Gasteiger partial charge is 0.394 e. The molecule has 0 saturated carbocycles. The number of phosphoric acid groups is 1. The van der Waals surface area contributed by atoms with E-state index in [0.717, 1.165) is 0 Å². The van der Waals surface area contributed by atoms with Crippen LogP contribution >= 0.6 is 7.82 Å². The zero-order chi connectivity index (χ0) is 13.4. The van der Waals surface area contributed by atoms with Crippen LogP contribution in [0.1, 0.15) is 6.42 Å². The molecule has 0 bridgehead atoms. The van der Waals surface area contributed by atoms with E-state index in [4.69, 9.17) is 39.7 Å². The summed E-state index contributed by atoms with van der Waals surface area (Å²) in [5, 5.41) is 34.6. The summed E-state index contributed by atoms with van der Waals surface area (Å²) in [6.07, 6.45) is -3.85. The largest absolute Gasteiger partial charge is 0.466 e. The molecule has 9 nitrogen and oxygen atoms in total. The second-order valence-electron chi connectivity index (χ2n) is 2.77. The summed E-state index contributed by atoms with van der Waals surface area (Å²) in [6.45, 7) is -0.591. The quantitative estimate of drug-likeness (QED) is 0.198. The van der Waals surface area contributed by atoms with Gasteiger partial charge in [0.1, 0.15) is 18.5 Å². The van der Waals surface area contributed by atoms with E-state index in [1.54, 1.807) is 0 Å². The zero-order valence-electron chi connectivity index (χ0n) is 8.12. The molecule has 16 heavy (non-hydrogen) atoms. The van der Waals surface area contributed by atoms with E-state index in [2.05, 4.69) is 0 Å². The Kier molecular flexibility index (Phi) is 9.83. The van der Waals surface area contributed by atoms with Crippen molar-refractivity contribution in [3.8, 4) is 0 Å². The Bertz CT molecular complexity index is 218. The Morgan fingerprint density at radius 2 is 1.44 bits per heavy atom. The van der Waals surface area contributed by atoms with Crippen molar-refractivity contribution in [2.45, 2.75) is 24.7 Å². The van der Waals surface area contributed by atoms with Gasteiger partial charge in [0.05, 0.1) is 12.7 Å². The molecule has 0 aromatic heterocycles. The Balaban J connectivity index is 0. The number of aliphatic hydroxyl groups is 4. The van der Waals surface area contributed by atoms with Crippen LogP contribution in [0.4, 0.5) is 0 Å². The van der Waals surface area contributed by atoms with E-state index in [0.29, 0.717) is 0 Å². The monoisotopic (exact) mass is 262 g/mol. The third-order valence-corrected chi connectivity index (χ3v) is 1.27. The molecule has 0 spiro atoms. The number of carbonyl (C=O) groups excluding carboxylic acids is 1. The molecule has 0 saturated heterocycles. The Morgan fingerprint density at radius 1 is 1.06 bits per heavy atom. The molecule has 0 amide bonds. The second kappa shape index (κ2) is 8.74. The molecule has 98 valence electrons. The number of rotatable bonds is 5. The third kappa shape index (κ3) is 16.1. The van der Waals surface area contributed by atoms with Crippen molar-refractivity contribution in [1.29, 1.82) is 0 Å². The van der Waals surface area contributed by atoms with Crippen LogP contribution < -0.4 is 0 Å². The molecule has 0 rings (SSSR count). The van der Waals surface area contributed by atoms with E-state index < -0.39 is 32.7 Å². The van der Waals surface area contributed by atoms with Gasteiger partial charge >= 0.3 is 7.82 Å². The Morgan fingerprint density at radius 3 is 1.69 bits per heavy atom. The Labute approximate surface area is 90.8 Å². The normalized spacial score (nSPS) is 16.7. The first-order chi connectivity index (χ1) is 7.11. The van der Waals surface area contributed by atoms with Gasteiger partial charge < -0.3 is 39.9 Å². The lowest BCUT2D eigenvalue weighted by atomic mass is 10.1. The highest BCUT2D eigenvalue weighted by Gasteiger charge is 2.18. The average Bonchev–Trinajstić information content (AvgIpc) is 2.13. The first kappa shape index (κ1) is 18.0. The van der Waals surface area contributed by atoms with E-state index in [9.17, 15) is 4.79 Å². The first-order valence-corrected chi connectivity index (χ1v) is 5.57. The molecule has 10 heteroatoms. The topological polar surface area (TPSA) is 176 Å². The molecule has 0 aliphatic heterocycles. The van der Waals surface area contributed by atoms with Crippen LogP contribution in [-0.2, 0) is 9.36 Å². The molecular formula is C6H15O9P. The predicted molar refractivity (Wildman–Crippen MR) is 50.1 cm³/mol. The van der Waals surface area contributed by atoms with Crippen LogP contribution in [-0.4, -0.2) is 66.3 Å². The number of hydrogen-bond acceptors (Lipinski definition) is 6. The van der Waals surface area contributed by atoms with Crippen molar-refractivity contribution in [1.82, 2.24) is 0 Å². The lowest BCUT2D eigenvalue weighted by molar-refractivity contribution is -0.117. The minimum absolute atomic E-state index is 0.257. The van der Waals surface area contributed by atoms with E-state index in [-0.39, 0.29) is 12.7 Å². The van der Waals surface area contributed by atoms with Crippen LogP contribution in [0.25, 0.3) is 0 Å². The van der Waals surface area contributed by atoms with E-state index in [1.807, 2.05) is 0 Å². The maximum Gasteiger partial charge on any atom is 0.466 e. The summed E-state index contributed by atoms with van der Waals surface area (Å²) in [6, 6.07) is 0. The second-order valence-corrected chi connectivity index (χ2v) is 3.80. The molecular weight excluding hydrogens is 247 g/mol. The van der Waals surface area contributed by atoms with Gasteiger partial charge in [-0.25, -0.2) is 4.57 Å². The number of hydrogen-bond donors (Lipinski definition) is 7. The van der Waals surface area contributed by atoms with Crippen LogP contribution in [0.15, 0.2) is 0 Å². The number of carbonyl (C=O) groups is 1. The van der Waals surface area contributed by atoms with Gasteiger partial charge in [-0.1, -0.05) is 0 Å². The summed E-state index contributed by atoms with van der Waals surface area (Å²) < 4.78 is 8.88. The van der Waals surface area contributed by atoms with Crippen molar-refractivity contribution in [2.24, 2.45) is 0 Å². The van der Waals surface area contributed by atoms with Crippen molar-refractivity contribution in [3.05, 3.63) is 0 Å². The van der Waals surface area contributed by atoms with Crippen LogP contribution in [0.2, 0.25) is 0 Å². The van der Waals surface area contributed by atoms with Gasteiger partial charge in [0.2, 0.25) is 0 Å². The molecule has 0 aromatic carbocycles. The van der Waals surface area contributed by atoms with E-state index >= 15 is 0 Å². The van der Waals surface area contributed by atoms with Gasteiger partial charge in [-0.2, -0.15) is 0 Å². The van der Waals surface area contributed by atoms with Crippen molar-refractivity contribution in [3.63, 3.8) is 0 Å². The minimum Gasteiger partial charge on any atom is -0.394 e. The molecule has 0 heterocycles. The zero-order valence-corrected chi connectivity index (χ0v) is 9.01. The van der Waals surface area contributed by atoms with Gasteiger partial charge in [-0.3, -0.25) is 0 Å². The van der Waals surface area contributed by atoms with Crippen molar-refractivity contribution < 1.29 is 44.5 Å². The highest BCUT2D eigenvalue weighted by Crippen LogP contribution is 2.25. The van der Waals surface area contributed by atoms with Crippen molar-refractivity contribution >= 4 is 14.1 Å². The molecule has 0 fully saturated rings. The van der Waals surface area contributed by atoms with Gasteiger partial charge in [-0.15, -0.1) is 0 Å². The van der Waals surface area contributed by atoms with Gasteiger partial charge in [0.25, 0.3) is 0 Å². The highest BCUT2D eigenvalue weighted by molar-refractivity contribution is 7.45. The standard InChI is InChI=1S/C6H12O5.H3O4P/c7-2-4(9)1-5(10)6(11)3-8;1-5(2,3)4/h2,4-6,8-11H,1,3H2;(H3,1,2,3,4)/t4-,5+,6-;/m1./s1. The maximum atomic E-state index is 9.85. The summed E-state index contributed by atoms with van der Waals surface area (Å²) in [4.78, 5) is 31.4. The van der Waals surface area contributed by atoms with Crippen LogP contribution in [0.5, 0.6) is 0 Å². The molecule has 0 radical (unpaired) electrons. The highest BCUT2D eigenvalue weighted by atomic mass is 31.2. The summed E-state index contributed by atoms with van der Waals surface area (Å²) in [5.41, 5.74) is 0. The molecule has 0 aliphatic carbocycles. The first-order valence-electron chi connectivity index (χ1n) is 4.00. The summed E-state index contributed by atoms with van der Waals surface area (Å²) in [5.74, 6) is 0. The van der Waals surface area contributed by atoms with Gasteiger partial charge in [0.15, 0.2) is 0 Å². The van der Waals surface area contributed by atoms with Gasteiger partial charge in [-0.05, 0) is 0 Å². The molecule has 3 atom stereocenters. The fourth-order valence-electron chi connectivity index (χ4n) is 0.582. The van der Waals surface area contributed by atoms with Crippen molar-refractivity contribution in [2.75, 3.05) is 6.61 Å². The minimum atomic E-state index is -4.64. The lowest BCUT2D eigenvalue weighted by Gasteiger charge is -2.15. The third-order valence-electron chi connectivity index (χ3n) is 1.27. The molecule has 0 aliphatic rings. The fraction of sp³-hybridized carbons (Fsp3) is 0.833. The SMILES string of the molecule is O=C[C@H](O)C[C@H](O)[C@H](O)CO.O=P(O)(O)O. The lowest BCUT2D eigenvalue weighted by Crippen LogP contribution is -2.33.